The molecule has 0 saturated heterocycles. The monoisotopic (exact) mass is 445 g/mol. The van der Waals surface area contributed by atoms with Crippen LogP contribution in [0.5, 0.6) is 5.75 Å². The number of ether oxygens (including phenoxy) is 1. The molecule has 2 aromatic carbocycles. The maximum Gasteiger partial charge on any atom is 0.272 e. The van der Waals surface area contributed by atoms with Crippen LogP contribution in [0.2, 0.25) is 5.02 Å². The summed E-state index contributed by atoms with van der Waals surface area (Å²) in [5, 5.41) is 23.2. The molecule has 7 nitrogen and oxygen atoms in total. The van der Waals surface area contributed by atoms with E-state index in [1.807, 2.05) is 32.2 Å². The minimum absolute atomic E-state index is 0.222. The number of nitriles is 1. The molecule has 0 atom stereocenters. The smallest absolute Gasteiger partial charge is 0.272 e. The first-order valence-electron chi connectivity index (χ1n) is 10.5. The molecule has 1 aliphatic heterocycles. The Labute approximate surface area is 189 Å². The van der Waals surface area contributed by atoms with Gasteiger partial charge in [0.15, 0.2) is 0 Å². The summed E-state index contributed by atoms with van der Waals surface area (Å²) in [5.74, 6) is 0.566. The fraction of sp³-hybridized carbons (Fsp3) is 0.250. The predicted molar refractivity (Wildman–Crippen MR) is 123 cm³/mol. The van der Waals surface area contributed by atoms with Crippen LogP contribution in [0.4, 0.5) is 0 Å². The second-order valence-corrected chi connectivity index (χ2v) is 8.20. The van der Waals surface area contributed by atoms with Gasteiger partial charge in [0.1, 0.15) is 17.4 Å². The van der Waals surface area contributed by atoms with Crippen LogP contribution >= 0.6 is 11.6 Å². The quantitative estimate of drug-likeness (QED) is 0.504. The number of aromatic amines is 1. The van der Waals surface area contributed by atoms with Crippen molar-refractivity contribution in [3.05, 3.63) is 62.7 Å². The van der Waals surface area contributed by atoms with Crippen molar-refractivity contribution in [2.75, 3.05) is 6.61 Å². The van der Waals surface area contributed by atoms with Crippen molar-refractivity contribution in [2.45, 2.75) is 26.2 Å². The van der Waals surface area contributed by atoms with Gasteiger partial charge >= 0.3 is 0 Å². The summed E-state index contributed by atoms with van der Waals surface area (Å²) >= 11 is 6.61. The van der Waals surface area contributed by atoms with Gasteiger partial charge in [0.05, 0.1) is 29.6 Å². The molecule has 1 aliphatic rings. The molecule has 160 valence electrons. The number of fused-ring (bicyclic) bond motifs is 2. The number of halogens is 1. The number of nitrogens with zero attached hydrogens (tertiary/aromatic N) is 4. The van der Waals surface area contributed by atoms with Gasteiger partial charge in [-0.05, 0) is 43.0 Å². The average molecular weight is 446 g/mol. The standard InChI is InChI=1S/C24H20ClN5O2/c1-3-21-16-9-13(6-7-14(16)24(31)29-28-21)19-12-27-30(2)22(19)17-10-20(25)15-5-4-8-32-23(15)18(17)11-26/h6-7,9-10,12H,3-5,8H2,1-2H3,(H,29,31). The van der Waals surface area contributed by atoms with Crippen LogP contribution in [0, 0.1) is 11.3 Å². The molecule has 0 amide bonds. The van der Waals surface area contributed by atoms with Crippen LogP contribution in [0.15, 0.2) is 35.3 Å². The van der Waals surface area contributed by atoms with E-state index in [0.29, 0.717) is 40.3 Å². The Morgan fingerprint density at radius 3 is 2.91 bits per heavy atom. The zero-order valence-electron chi connectivity index (χ0n) is 17.7. The SMILES string of the molecule is CCc1n[nH]c(=O)c2ccc(-c3cnn(C)c3-c3cc(Cl)c4c(c3C#N)OCCC4)cc12. The molecule has 3 heterocycles. The van der Waals surface area contributed by atoms with Crippen LogP contribution in [0.3, 0.4) is 0 Å². The predicted octanol–water partition coefficient (Wildman–Crippen LogP) is 4.40. The van der Waals surface area contributed by atoms with E-state index in [9.17, 15) is 10.1 Å². The summed E-state index contributed by atoms with van der Waals surface area (Å²) in [4.78, 5) is 12.2. The molecule has 4 aromatic rings. The van der Waals surface area contributed by atoms with E-state index < -0.39 is 0 Å². The molecule has 1 N–H and O–H groups in total. The Hall–Kier alpha value is -3.63. The normalized spacial score (nSPS) is 12.9. The lowest BCUT2D eigenvalue weighted by Crippen LogP contribution is -2.12. The summed E-state index contributed by atoms with van der Waals surface area (Å²) < 4.78 is 7.60. The maximum atomic E-state index is 12.2. The number of aromatic nitrogens is 4. The van der Waals surface area contributed by atoms with E-state index in [4.69, 9.17) is 16.3 Å². The van der Waals surface area contributed by atoms with Crippen LogP contribution in [-0.2, 0) is 19.9 Å². The molecule has 0 unspecified atom stereocenters. The third-order valence-electron chi connectivity index (χ3n) is 5.97. The zero-order chi connectivity index (χ0) is 22.4. The maximum absolute atomic E-state index is 12.2. The fourth-order valence-electron chi connectivity index (χ4n) is 4.41. The van der Waals surface area contributed by atoms with E-state index in [0.717, 1.165) is 46.3 Å². The topological polar surface area (TPSA) is 96.6 Å². The third kappa shape index (κ3) is 3.07. The second kappa shape index (κ2) is 7.81. The van der Waals surface area contributed by atoms with Gasteiger partial charge in [-0.2, -0.15) is 15.5 Å². The molecule has 0 bridgehead atoms. The molecule has 0 fully saturated rings. The van der Waals surface area contributed by atoms with Gasteiger partial charge in [0.25, 0.3) is 5.56 Å². The van der Waals surface area contributed by atoms with Crippen molar-refractivity contribution in [1.82, 2.24) is 20.0 Å². The number of hydrogen-bond donors (Lipinski definition) is 1. The van der Waals surface area contributed by atoms with E-state index in [1.165, 1.54) is 0 Å². The fourth-order valence-corrected chi connectivity index (χ4v) is 4.70. The van der Waals surface area contributed by atoms with E-state index in [2.05, 4.69) is 21.4 Å². The Balaban J connectivity index is 1.77. The van der Waals surface area contributed by atoms with Gasteiger partial charge in [0.2, 0.25) is 0 Å². The van der Waals surface area contributed by atoms with Crippen molar-refractivity contribution < 1.29 is 4.74 Å². The number of aryl methyl sites for hydroxylation is 2. The van der Waals surface area contributed by atoms with Crippen molar-refractivity contribution in [2.24, 2.45) is 7.05 Å². The molecule has 0 saturated carbocycles. The average Bonchev–Trinajstić information content (AvgIpc) is 3.20. The highest BCUT2D eigenvalue weighted by Gasteiger charge is 2.25. The Kier molecular flexibility index (Phi) is 4.95. The number of hydrogen-bond acceptors (Lipinski definition) is 5. The van der Waals surface area contributed by atoms with Crippen LogP contribution < -0.4 is 10.3 Å². The molecule has 8 heteroatoms. The minimum Gasteiger partial charge on any atom is -0.492 e. The third-order valence-corrected chi connectivity index (χ3v) is 6.30. The Morgan fingerprint density at radius 1 is 1.28 bits per heavy atom. The molecule has 0 radical (unpaired) electrons. The van der Waals surface area contributed by atoms with Gasteiger partial charge in [-0.15, -0.1) is 0 Å². The second-order valence-electron chi connectivity index (χ2n) is 7.80. The van der Waals surface area contributed by atoms with Crippen LogP contribution in [0.1, 0.15) is 30.2 Å². The largest absolute Gasteiger partial charge is 0.492 e. The van der Waals surface area contributed by atoms with Gasteiger partial charge in [-0.25, -0.2) is 5.10 Å². The number of benzene rings is 2. The van der Waals surface area contributed by atoms with Gasteiger partial charge < -0.3 is 4.74 Å². The lowest BCUT2D eigenvalue weighted by atomic mass is 9.93. The van der Waals surface area contributed by atoms with E-state index in [1.54, 1.807) is 16.9 Å². The highest BCUT2D eigenvalue weighted by molar-refractivity contribution is 6.32. The first-order valence-corrected chi connectivity index (χ1v) is 10.8. The molecular formula is C24H20ClN5O2. The van der Waals surface area contributed by atoms with Gasteiger partial charge in [-0.1, -0.05) is 24.6 Å². The van der Waals surface area contributed by atoms with Crippen molar-refractivity contribution in [3.8, 4) is 34.2 Å². The summed E-state index contributed by atoms with van der Waals surface area (Å²) in [6, 6.07) is 9.80. The van der Waals surface area contributed by atoms with E-state index in [-0.39, 0.29) is 5.56 Å². The number of nitrogens with one attached hydrogen (secondary N) is 1. The molecule has 0 spiro atoms. The molecule has 0 aliphatic carbocycles. The first-order chi connectivity index (χ1) is 15.5. The van der Waals surface area contributed by atoms with Crippen molar-refractivity contribution in [3.63, 3.8) is 0 Å². The lowest BCUT2D eigenvalue weighted by Gasteiger charge is -2.22. The lowest BCUT2D eigenvalue weighted by molar-refractivity contribution is 0.287. The van der Waals surface area contributed by atoms with Gasteiger partial charge in [0, 0.05) is 34.1 Å². The summed E-state index contributed by atoms with van der Waals surface area (Å²) in [7, 11) is 1.83. The van der Waals surface area contributed by atoms with Crippen LogP contribution in [0.25, 0.3) is 33.2 Å². The summed E-state index contributed by atoms with van der Waals surface area (Å²) in [6.07, 6.45) is 4.11. The molecular weight excluding hydrogens is 426 g/mol. The highest BCUT2D eigenvalue weighted by Crippen LogP contribution is 2.43. The summed E-state index contributed by atoms with van der Waals surface area (Å²) in [5.41, 5.74) is 5.08. The Bertz CT molecular complexity index is 1480. The molecule has 32 heavy (non-hydrogen) atoms. The molecule has 5 rings (SSSR count). The molecule has 2 aromatic heterocycles. The van der Waals surface area contributed by atoms with Crippen molar-refractivity contribution in [1.29, 1.82) is 5.26 Å². The van der Waals surface area contributed by atoms with E-state index >= 15 is 0 Å². The zero-order valence-corrected chi connectivity index (χ0v) is 18.5. The summed E-state index contributed by atoms with van der Waals surface area (Å²) in [6.45, 7) is 2.56. The number of H-pyrrole nitrogens is 1. The number of rotatable bonds is 3. The van der Waals surface area contributed by atoms with Crippen LogP contribution in [-0.4, -0.2) is 26.6 Å². The van der Waals surface area contributed by atoms with Gasteiger partial charge in [-0.3, -0.25) is 9.48 Å². The minimum atomic E-state index is -0.222. The highest BCUT2D eigenvalue weighted by atomic mass is 35.5. The Morgan fingerprint density at radius 2 is 2.12 bits per heavy atom. The first kappa shape index (κ1) is 20.3. The van der Waals surface area contributed by atoms with Crippen molar-refractivity contribution >= 4 is 22.4 Å².